The van der Waals surface area contributed by atoms with Crippen LogP contribution < -0.4 is 9.64 Å². The van der Waals surface area contributed by atoms with E-state index in [1.165, 1.54) is 7.11 Å². The second-order valence-electron chi connectivity index (χ2n) is 4.87. The zero-order valence-electron chi connectivity index (χ0n) is 12.4. The van der Waals surface area contributed by atoms with Crippen molar-refractivity contribution in [1.29, 1.82) is 0 Å². The predicted molar refractivity (Wildman–Crippen MR) is 81.5 cm³/mol. The molecule has 1 aliphatic heterocycles. The molecule has 0 N–H and O–H groups in total. The van der Waals surface area contributed by atoms with E-state index < -0.39 is 0 Å². The Morgan fingerprint density at radius 3 is 3.10 bits per heavy atom. The van der Waals surface area contributed by atoms with Crippen LogP contribution in [0.3, 0.4) is 0 Å². The molecule has 1 fully saturated rings. The van der Waals surface area contributed by atoms with Crippen LogP contribution in [0.2, 0.25) is 0 Å². The maximum atomic E-state index is 11.3. The summed E-state index contributed by atoms with van der Waals surface area (Å²) in [4.78, 5) is 23.5. The lowest BCUT2D eigenvalue weighted by Crippen LogP contribution is -2.48. The first kappa shape index (κ1) is 16.0. The summed E-state index contributed by atoms with van der Waals surface area (Å²) in [5, 5.41) is 0. The Bertz CT molecular complexity index is 514. The molecule has 116 valence electrons. The van der Waals surface area contributed by atoms with Crippen molar-refractivity contribution in [2.24, 2.45) is 0 Å². The lowest BCUT2D eigenvalue weighted by molar-refractivity contribution is -0.129. The number of halogens is 1. The Hall–Kier alpha value is -1.41. The molecule has 1 aliphatic rings. The Balaban J connectivity index is 2.08. The number of methoxy groups -OCH3 is 1. The van der Waals surface area contributed by atoms with Gasteiger partial charge in [0.1, 0.15) is 5.82 Å². The molecule has 2 rings (SSSR count). The number of hydrogen-bond acceptors (Lipinski definition) is 6. The molecule has 1 amide bonds. The van der Waals surface area contributed by atoms with E-state index in [4.69, 9.17) is 9.47 Å². The van der Waals surface area contributed by atoms with Crippen molar-refractivity contribution in [3.8, 4) is 6.01 Å². The highest BCUT2D eigenvalue weighted by Gasteiger charge is 2.25. The van der Waals surface area contributed by atoms with Crippen LogP contribution in [0.5, 0.6) is 6.01 Å². The quantitative estimate of drug-likeness (QED) is 0.797. The number of ether oxygens (including phenoxy) is 2. The van der Waals surface area contributed by atoms with Gasteiger partial charge >= 0.3 is 6.01 Å². The van der Waals surface area contributed by atoms with E-state index >= 15 is 0 Å². The molecular formula is C13H19BrN4O3. The molecule has 8 heteroatoms. The minimum absolute atomic E-state index is 0.0283. The van der Waals surface area contributed by atoms with E-state index in [0.717, 1.165) is 16.8 Å². The minimum atomic E-state index is -0.0412. The number of morpholine rings is 1. The molecule has 2 heterocycles. The highest BCUT2D eigenvalue weighted by molar-refractivity contribution is 9.10. The molecule has 1 aromatic heterocycles. The van der Waals surface area contributed by atoms with Crippen molar-refractivity contribution < 1.29 is 14.3 Å². The first-order chi connectivity index (χ1) is 10.0. The molecule has 7 nitrogen and oxygen atoms in total. The fourth-order valence-corrected chi connectivity index (χ4v) is 2.56. The van der Waals surface area contributed by atoms with Crippen molar-refractivity contribution in [2.75, 3.05) is 45.3 Å². The molecule has 1 saturated heterocycles. The van der Waals surface area contributed by atoms with E-state index in [0.29, 0.717) is 25.7 Å². The normalized spacial score (nSPS) is 18.5. The maximum absolute atomic E-state index is 11.3. The number of hydrogen-bond donors (Lipinski definition) is 0. The van der Waals surface area contributed by atoms with Gasteiger partial charge < -0.3 is 19.3 Å². The van der Waals surface area contributed by atoms with Crippen LogP contribution in [-0.2, 0) is 9.53 Å². The summed E-state index contributed by atoms with van der Waals surface area (Å²) >= 11 is 3.46. The molecule has 1 unspecified atom stereocenters. The molecule has 0 radical (unpaired) electrons. The van der Waals surface area contributed by atoms with Gasteiger partial charge in [-0.05, 0) is 15.9 Å². The average Bonchev–Trinajstić information content (AvgIpc) is 2.48. The van der Waals surface area contributed by atoms with E-state index in [2.05, 4.69) is 30.8 Å². The Morgan fingerprint density at radius 2 is 2.43 bits per heavy atom. The third-order valence-corrected chi connectivity index (χ3v) is 3.90. The Morgan fingerprint density at radius 1 is 1.67 bits per heavy atom. The number of carbonyl (C=O) groups excluding carboxylic acids is 1. The summed E-state index contributed by atoms with van der Waals surface area (Å²) in [6.07, 6.45) is 1.63. The van der Waals surface area contributed by atoms with Gasteiger partial charge in [-0.2, -0.15) is 4.98 Å². The molecule has 1 atom stereocenters. The molecule has 1 aromatic rings. The van der Waals surface area contributed by atoms with Gasteiger partial charge in [0.15, 0.2) is 0 Å². The number of rotatable bonds is 4. The maximum Gasteiger partial charge on any atom is 0.318 e. The van der Waals surface area contributed by atoms with Gasteiger partial charge in [-0.15, -0.1) is 0 Å². The van der Waals surface area contributed by atoms with Gasteiger partial charge in [0.2, 0.25) is 5.91 Å². The van der Waals surface area contributed by atoms with Crippen molar-refractivity contribution in [1.82, 2.24) is 14.9 Å². The third-order valence-electron chi connectivity index (χ3n) is 3.34. The van der Waals surface area contributed by atoms with Crippen molar-refractivity contribution in [3.05, 3.63) is 10.7 Å². The lowest BCUT2D eigenvalue weighted by atomic mass is 10.2. The highest BCUT2D eigenvalue weighted by Crippen LogP contribution is 2.26. The summed E-state index contributed by atoms with van der Waals surface area (Å²) in [7, 11) is 3.31. The molecule has 0 bridgehead atoms. The monoisotopic (exact) mass is 358 g/mol. The fourth-order valence-electron chi connectivity index (χ4n) is 2.12. The van der Waals surface area contributed by atoms with E-state index in [1.54, 1.807) is 25.1 Å². The number of likely N-dealkylation sites (N-methyl/N-ethyl adjacent to an activating group) is 1. The largest absolute Gasteiger partial charge is 0.467 e. The molecule has 0 spiro atoms. The number of amides is 1. The summed E-state index contributed by atoms with van der Waals surface area (Å²) in [6.45, 7) is 4.10. The third kappa shape index (κ3) is 4.04. The Labute approximate surface area is 132 Å². The van der Waals surface area contributed by atoms with E-state index in [1.807, 2.05) is 0 Å². The number of carbonyl (C=O) groups is 1. The summed E-state index contributed by atoms with van der Waals surface area (Å²) in [5.41, 5.74) is 0. The zero-order chi connectivity index (χ0) is 15.4. The molecular weight excluding hydrogens is 340 g/mol. The smallest absolute Gasteiger partial charge is 0.318 e. The minimum Gasteiger partial charge on any atom is -0.467 e. The van der Waals surface area contributed by atoms with Gasteiger partial charge in [0.05, 0.1) is 30.5 Å². The summed E-state index contributed by atoms with van der Waals surface area (Å²) < 4.78 is 11.6. The van der Waals surface area contributed by atoms with Crippen molar-refractivity contribution >= 4 is 27.7 Å². The molecule has 0 saturated carbocycles. The van der Waals surface area contributed by atoms with Gasteiger partial charge in [-0.25, -0.2) is 4.98 Å². The van der Waals surface area contributed by atoms with Gasteiger partial charge in [0.25, 0.3) is 0 Å². The Kier molecular flexibility index (Phi) is 5.35. The van der Waals surface area contributed by atoms with Crippen LogP contribution in [0.25, 0.3) is 0 Å². The van der Waals surface area contributed by atoms with Gasteiger partial charge in [0, 0.05) is 33.6 Å². The number of aromatic nitrogens is 2. The number of anilines is 1. The van der Waals surface area contributed by atoms with Crippen LogP contribution in [0.1, 0.15) is 6.92 Å². The highest BCUT2D eigenvalue weighted by atomic mass is 79.9. The molecule has 0 aliphatic carbocycles. The SMILES string of the molecule is COc1ncc(Br)c(N2CCOC(CN(C)C(C)=O)C2)n1. The van der Waals surface area contributed by atoms with Gasteiger partial charge in [-0.3, -0.25) is 4.79 Å². The van der Waals surface area contributed by atoms with Crippen LogP contribution >= 0.6 is 15.9 Å². The average molecular weight is 359 g/mol. The second-order valence-corrected chi connectivity index (χ2v) is 5.72. The van der Waals surface area contributed by atoms with Crippen LogP contribution in [0.4, 0.5) is 5.82 Å². The standard InChI is InChI=1S/C13H19BrN4O3/c1-9(19)17(2)7-10-8-18(4-5-21-10)12-11(14)6-15-13(16-12)20-3/h6,10H,4-5,7-8H2,1-3H3. The second kappa shape index (κ2) is 7.04. The number of nitrogens with zero attached hydrogens (tertiary/aromatic N) is 4. The van der Waals surface area contributed by atoms with Crippen molar-refractivity contribution in [3.63, 3.8) is 0 Å². The van der Waals surface area contributed by atoms with E-state index in [9.17, 15) is 4.79 Å². The zero-order valence-corrected chi connectivity index (χ0v) is 14.0. The summed E-state index contributed by atoms with van der Waals surface area (Å²) in [6, 6.07) is 0.331. The van der Waals surface area contributed by atoms with Crippen LogP contribution in [0, 0.1) is 0 Å². The topological polar surface area (TPSA) is 67.8 Å². The fraction of sp³-hybridized carbons (Fsp3) is 0.615. The summed E-state index contributed by atoms with van der Waals surface area (Å²) in [5.74, 6) is 0.807. The van der Waals surface area contributed by atoms with Crippen LogP contribution in [-0.4, -0.2) is 67.3 Å². The van der Waals surface area contributed by atoms with E-state index in [-0.39, 0.29) is 12.0 Å². The van der Waals surface area contributed by atoms with Gasteiger partial charge in [-0.1, -0.05) is 0 Å². The molecule has 0 aromatic carbocycles. The first-order valence-corrected chi connectivity index (χ1v) is 7.45. The predicted octanol–water partition coefficient (Wildman–Crippen LogP) is 0.931. The first-order valence-electron chi connectivity index (χ1n) is 6.66. The van der Waals surface area contributed by atoms with Crippen LogP contribution in [0.15, 0.2) is 10.7 Å². The lowest BCUT2D eigenvalue weighted by Gasteiger charge is -2.35. The van der Waals surface area contributed by atoms with Crippen molar-refractivity contribution in [2.45, 2.75) is 13.0 Å². The molecule has 21 heavy (non-hydrogen) atoms.